The largest absolute Gasteiger partial charge is 0.398 e. The van der Waals surface area contributed by atoms with Crippen molar-refractivity contribution in [2.75, 3.05) is 5.73 Å². The maximum absolute atomic E-state index is 11.1. The van der Waals surface area contributed by atoms with Crippen LogP contribution < -0.4 is 11.2 Å². The number of hydrogen-bond donors (Lipinski definition) is 2. The van der Waals surface area contributed by atoms with Crippen LogP contribution in [0.3, 0.4) is 0 Å². The first-order chi connectivity index (χ1) is 7.58. The van der Waals surface area contributed by atoms with Gasteiger partial charge in [0, 0.05) is 17.9 Å². The van der Waals surface area contributed by atoms with Crippen LogP contribution in [-0.2, 0) is 4.79 Å². The van der Waals surface area contributed by atoms with Crippen LogP contribution >= 0.6 is 11.6 Å². The van der Waals surface area contributed by atoms with Gasteiger partial charge in [-0.3, -0.25) is 4.79 Å². The van der Waals surface area contributed by atoms with E-state index in [-0.39, 0.29) is 11.8 Å². The summed E-state index contributed by atoms with van der Waals surface area (Å²) in [4.78, 5) is 11.1. The lowest BCUT2D eigenvalue weighted by molar-refractivity contribution is -0.121. The SMILES string of the molecule is C[C@@H]1CC(=O)NN=C1c1ccc(Cl)c(N)c1. The number of nitrogens with two attached hydrogens (primary N) is 1. The molecule has 1 amide bonds. The van der Waals surface area contributed by atoms with Gasteiger partial charge in [0.25, 0.3) is 0 Å². The monoisotopic (exact) mass is 237 g/mol. The fourth-order valence-electron chi connectivity index (χ4n) is 1.71. The van der Waals surface area contributed by atoms with Crippen LogP contribution in [0.25, 0.3) is 0 Å². The Kier molecular flexibility index (Phi) is 2.83. The van der Waals surface area contributed by atoms with E-state index in [9.17, 15) is 4.79 Å². The van der Waals surface area contributed by atoms with Crippen molar-refractivity contribution in [3.63, 3.8) is 0 Å². The van der Waals surface area contributed by atoms with Gasteiger partial charge < -0.3 is 5.73 Å². The number of halogens is 1. The molecule has 0 bridgehead atoms. The Bertz CT molecular complexity index is 470. The third kappa shape index (κ3) is 2.02. The lowest BCUT2D eigenvalue weighted by Gasteiger charge is -2.19. The minimum absolute atomic E-state index is 0.0572. The molecule has 0 aromatic heterocycles. The molecule has 0 unspecified atom stereocenters. The summed E-state index contributed by atoms with van der Waals surface area (Å²) in [5.74, 6) is 0.0347. The zero-order valence-electron chi connectivity index (χ0n) is 8.83. The average molecular weight is 238 g/mol. The predicted octanol–water partition coefficient (Wildman–Crippen LogP) is 1.78. The number of nitrogens with zero attached hydrogens (tertiary/aromatic N) is 1. The highest BCUT2D eigenvalue weighted by molar-refractivity contribution is 6.33. The standard InChI is InChI=1S/C11H12ClN3O/c1-6-4-10(16)14-15-11(6)7-2-3-8(12)9(13)5-7/h2-3,5-6H,4,13H2,1H3,(H,14,16)/t6-/m1/s1. The fraction of sp³-hybridized carbons (Fsp3) is 0.273. The molecular formula is C11H12ClN3O. The Morgan fingerprint density at radius 1 is 1.56 bits per heavy atom. The van der Waals surface area contributed by atoms with E-state index in [1.54, 1.807) is 12.1 Å². The van der Waals surface area contributed by atoms with Gasteiger partial charge in [0.1, 0.15) is 0 Å². The Morgan fingerprint density at radius 3 is 2.94 bits per heavy atom. The van der Waals surface area contributed by atoms with Crippen LogP contribution in [0.5, 0.6) is 0 Å². The molecule has 1 aromatic carbocycles. The summed E-state index contributed by atoms with van der Waals surface area (Å²) in [6, 6.07) is 5.36. The van der Waals surface area contributed by atoms with Gasteiger partial charge in [0.2, 0.25) is 5.91 Å². The summed E-state index contributed by atoms with van der Waals surface area (Å²) in [5.41, 5.74) is 10.4. The molecule has 1 heterocycles. The van der Waals surface area contributed by atoms with Crippen LogP contribution in [0.2, 0.25) is 5.02 Å². The summed E-state index contributed by atoms with van der Waals surface area (Å²) in [5, 5.41) is 4.58. The van der Waals surface area contributed by atoms with E-state index in [0.29, 0.717) is 17.1 Å². The van der Waals surface area contributed by atoms with Gasteiger partial charge in [-0.1, -0.05) is 24.6 Å². The molecule has 16 heavy (non-hydrogen) atoms. The Morgan fingerprint density at radius 2 is 2.31 bits per heavy atom. The number of nitrogen functional groups attached to an aromatic ring is 1. The summed E-state index contributed by atoms with van der Waals surface area (Å²) in [7, 11) is 0. The molecule has 1 atom stereocenters. The van der Waals surface area contributed by atoms with E-state index < -0.39 is 0 Å². The molecule has 0 aliphatic carbocycles. The summed E-state index contributed by atoms with van der Waals surface area (Å²) < 4.78 is 0. The average Bonchev–Trinajstić information content (AvgIpc) is 2.22. The van der Waals surface area contributed by atoms with Crippen LogP contribution in [0, 0.1) is 5.92 Å². The van der Waals surface area contributed by atoms with Crippen molar-refractivity contribution in [1.82, 2.24) is 5.43 Å². The molecule has 1 aromatic rings. The summed E-state index contributed by atoms with van der Waals surface area (Å²) in [6.07, 6.45) is 0.446. The molecular weight excluding hydrogens is 226 g/mol. The fourth-order valence-corrected chi connectivity index (χ4v) is 1.82. The third-order valence-electron chi connectivity index (χ3n) is 2.55. The second-order valence-electron chi connectivity index (χ2n) is 3.87. The van der Waals surface area contributed by atoms with Crippen LogP contribution in [-0.4, -0.2) is 11.6 Å². The number of rotatable bonds is 1. The van der Waals surface area contributed by atoms with Crippen LogP contribution in [0.1, 0.15) is 18.9 Å². The van der Waals surface area contributed by atoms with E-state index in [0.717, 1.165) is 11.3 Å². The summed E-state index contributed by atoms with van der Waals surface area (Å²) >= 11 is 5.84. The van der Waals surface area contributed by atoms with E-state index in [1.807, 2.05) is 13.0 Å². The quantitative estimate of drug-likeness (QED) is 0.731. The molecule has 2 rings (SSSR count). The van der Waals surface area contributed by atoms with Gasteiger partial charge in [-0.25, -0.2) is 5.43 Å². The lowest BCUT2D eigenvalue weighted by Crippen LogP contribution is -2.31. The van der Waals surface area contributed by atoms with Crippen molar-refractivity contribution in [2.45, 2.75) is 13.3 Å². The highest BCUT2D eigenvalue weighted by Crippen LogP contribution is 2.23. The van der Waals surface area contributed by atoms with Crippen molar-refractivity contribution >= 4 is 28.9 Å². The number of amides is 1. The number of benzene rings is 1. The molecule has 0 saturated carbocycles. The van der Waals surface area contributed by atoms with Crippen molar-refractivity contribution in [1.29, 1.82) is 0 Å². The van der Waals surface area contributed by atoms with E-state index >= 15 is 0 Å². The zero-order chi connectivity index (χ0) is 11.7. The Labute approximate surface area is 98.5 Å². The van der Waals surface area contributed by atoms with Crippen molar-refractivity contribution in [3.05, 3.63) is 28.8 Å². The first-order valence-corrected chi connectivity index (χ1v) is 5.37. The van der Waals surface area contributed by atoms with Gasteiger partial charge >= 0.3 is 0 Å². The normalized spacial score (nSPS) is 20.2. The van der Waals surface area contributed by atoms with Gasteiger partial charge in [-0.2, -0.15) is 5.10 Å². The number of nitrogens with one attached hydrogen (secondary N) is 1. The molecule has 1 aliphatic rings. The van der Waals surface area contributed by atoms with E-state index in [4.69, 9.17) is 17.3 Å². The molecule has 0 radical (unpaired) electrons. The topological polar surface area (TPSA) is 67.5 Å². The highest BCUT2D eigenvalue weighted by Gasteiger charge is 2.21. The van der Waals surface area contributed by atoms with Crippen LogP contribution in [0.15, 0.2) is 23.3 Å². The van der Waals surface area contributed by atoms with Crippen molar-refractivity contribution in [3.8, 4) is 0 Å². The third-order valence-corrected chi connectivity index (χ3v) is 2.90. The van der Waals surface area contributed by atoms with Crippen molar-refractivity contribution in [2.24, 2.45) is 11.0 Å². The number of carbonyl (C=O) groups is 1. The molecule has 3 N–H and O–H groups in total. The maximum atomic E-state index is 11.1. The highest BCUT2D eigenvalue weighted by atomic mass is 35.5. The first-order valence-electron chi connectivity index (χ1n) is 4.99. The summed E-state index contributed by atoms with van der Waals surface area (Å²) in [6.45, 7) is 1.96. The van der Waals surface area contributed by atoms with Crippen molar-refractivity contribution < 1.29 is 4.79 Å². The van der Waals surface area contributed by atoms with Gasteiger partial charge in [-0.05, 0) is 12.1 Å². The molecule has 1 aliphatic heterocycles. The second kappa shape index (κ2) is 4.14. The molecule has 84 valence electrons. The Balaban J connectivity index is 2.37. The van der Waals surface area contributed by atoms with Gasteiger partial charge in [0.05, 0.1) is 16.4 Å². The molecule has 4 nitrogen and oxygen atoms in total. The minimum Gasteiger partial charge on any atom is -0.398 e. The maximum Gasteiger partial charge on any atom is 0.240 e. The molecule has 0 spiro atoms. The first kappa shape index (κ1) is 11.0. The van der Waals surface area contributed by atoms with Gasteiger partial charge in [0.15, 0.2) is 0 Å². The van der Waals surface area contributed by atoms with E-state index in [1.165, 1.54) is 0 Å². The smallest absolute Gasteiger partial charge is 0.240 e. The second-order valence-corrected chi connectivity index (χ2v) is 4.28. The van der Waals surface area contributed by atoms with E-state index in [2.05, 4.69) is 10.5 Å². The molecule has 0 saturated heterocycles. The number of hydrazone groups is 1. The predicted molar refractivity (Wildman–Crippen MR) is 64.3 cm³/mol. The zero-order valence-corrected chi connectivity index (χ0v) is 9.58. The number of hydrogen-bond acceptors (Lipinski definition) is 3. The lowest BCUT2D eigenvalue weighted by atomic mass is 9.94. The number of carbonyl (C=O) groups excluding carboxylic acids is 1. The molecule has 5 heteroatoms. The minimum atomic E-state index is -0.0572. The molecule has 0 fully saturated rings. The van der Waals surface area contributed by atoms with Gasteiger partial charge in [-0.15, -0.1) is 0 Å². The number of anilines is 1. The Hall–Kier alpha value is -1.55. The van der Waals surface area contributed by atoms with Crippen LogP contribution in [0.4, 0.5) is 5.69 Å².